The van der Waals surface area contributed by atoms with E-state index in [1.807, 2.05) is 55.5 Å². The molecule has 3 rings (SSSR count). The van der Waals surface area contributed by atoms with Crippen LogP contribution in [0.2, 0.25) is 0 Å². The van der Waals surface area contributed by atoms with Crippen LogP contribution in [0.3, 0.4) is 0 Å². The third-order valence-electron chi connectivity index (χ3n) is 3.30. The lowest BCUT2D eigenvalue weighted by molar-refractivity contribution is 0.806. The fourth-order valence-corrected chi connectivity index (χ4v) is 2.24. The number of pyridine rings is 1. The summed E-state index contributed by atoms with van der Waals surface area (Å²) in [6.07, 6.45) is 2.30. The number of benzene rings is 1. The normalized spacial score (nSPS) is 10.7. The SMILES string of the molecule is Cc1[nH]n(-c2ccccn2)c(=O)c1Cc1ccccc1. The predicted octanol–water partition coefficient (Wildman–Crippen LogP) is 2.46. The summed E-state index contributed by atoms with van der Waals surface area (Å²) in [5.74, 6) is 0.611. The van der Waals surface area contributed by atoms with E-state index in [0.717, 1.165) is 16.8 Å². The second-order valence-electron chi connectivity index (χ2n) is 4.71. The topological polar surface area (TPSA) is 50.7 Å². The van der Waals surface area contributed by atoms with Crippen LogP contribution in [0.15, 0.2) is 59.5 Å². The highest BCUT2D eigenvalue weighted by molar-refractivity contribution is 5.30. The molecule has 1 aromatic carbocycles. The summed E-state index contributed by atoms with van der Waals surface area (Å²) in [5, 5.41) is 3.09. The quantitative estimate of drug-likeness (QED) is 0.791. The third kappa shape index (κ3) is 2.28. The first kappa shape index (κ1) is 12.4. The number of hydrogen-bond acceptors (Lipinski definition) is 2. The van der Waals surface area contributed by atoms with Crippen molar-refractivity contribution in [2.75, 3.05) is 0 Å². The van der Waals surface area contributed by atoms with E-state index in [1.54, 1.807) is 6.20 Å². The summed E-state index contributed by atoms with van der Waals surface area (Å²) in [5.41, 5.74) is 2.75. The molecule has 0 fully saturated rings. The first-order chi connectivity index (χ1) is 9.75. The summed E-state index contributed by atoms with van der Waals surface area (Å²) < 4.78 is 1.49. The van der Waals surface area contributed by atoms with E-state index in [-0.39, 0.29) is 5.56 Å². The van der Waals surface area contributed by atoms with Crippen molar-refractivity contribution in [2.45, 2.75) is 13.3 Å². The van der Waals surface area contributed by atoms with Crippen molar-refractivity contribution in [1.82, 2.24) is 14.8 Å². The van der Waals surface area contributed by atoms with Crippen molar-refractivity contribution >= 4 is 0 Å². The zero-order valence-corrected chi connectivity index (χ0v) is 11.2. The summed E-state index contributed by atoms with van der Waals surface area (Å²) in [7, 11) is 0. The number of aromatic amines is 1. The lowest BCUT2D eigenvalue weighted by atomic mass is 10.1. The van der Waals surface area contributed by atoms with Crippen LogP contribution in [0, 0.1) is 6.92 Å². The fraction of sp³-hybridized carbons (Fsp3) is 0.125. The minimum atomic E-state index is -0.0370. The van der Waals surface area contributed by atoms with Crippen molar-refractivity contribution in [3.63, 3.8) is 0 Å². The van der Waals surface area contributed by atoms with Gasteiger partial charge in [-0.3, -0.25) is 9.89 Å². The van der Waals surface area contributed by atoms with Crippen LogP contribution in [0.25, 0.3) is 5.82 Å². The van der Waals surface area contributed by atoms with Crippen molar-refractivity contribution < 1.29 is 0 Å². The Hall–Kier alpha value is -2.62. The molecule has 0 bridgehead atoms. The van der Waals surface area contributed by atoms with Crippen LogP contribution in [0.1, 0.15) is 16.8 Å². The summed E-state index contributed by atoms with van der Waals surface area (Å²) in [6.45, 7) is 1.92. The molecule has 2 aromatic heterocycles. The van der Waals surface area contributed by atoms with Crippen LogP contribution in [0.4, 0.5) is 0 Å². The fourth-order valence-electron chi connectivity index (χ4n) is 2.24. The number of rotatable bonds is 3. The molecule has 4 nitrogen and oxygen atoms in total. The van der Waals surface area contributed by atoms with E-state index in [4.69, 9.17) is 0 Å². The van der Waals surface area contributed by atoms with E-state index in [0.29, 0.717) is 12.2 Å². The van der Waals surface area contributed by atoms with E-state index >= 15 is 0 Å². The molecule has 100 valence electrons. The molecule has 0 aliphatic heterocycles. The maximum absolute atomic E-state index is 12.5. The Kier molecular flexibility index (Phi) is 3.21. The van der Waals surface area contributed by atoms with Gasteiger partial charge in [-0.1, -0.05) is 36.4 Å². The number of nitrogens with one attached hydrogen (secondary N) is 1. The van der Waals surface area contributed by atoms with Gasteiger partial charge in [0.25, 0.3) is 5.56 Å². The number of H-pyrrole nitrogens is 1. The smallest absolute Gasteiger partial charge is 0.276 e. The summed E-state index contributed by atoms with van der Waals surface area (Å²) in [4.78, 5) is 16.7. The number of nitrogens with zero attached hydrogens (tertiary/aromatic N) is 2. The first-order valence-electron chi connectivity index (χ1n) is 6.51. The largest absolute Gasteiger partial charge is 0.294 e. The molecule has 1 N–H and O–H groups in total. The highest BCUT2D eigenvalue weighted by Crippen LogP contribution is 2.10. The van der Waals surface area contributed by atoms with Crippen LogP contribution in [0.5, 0.6) is 0 Å². The highest BCUT2D eigenvalue weighted by atomic mass is 16.1. The van der Waals surface area contributed by atoms with E-state index < -0.39 is 0 Å². The Bertz CT molecular complexity index is 757. The van der Waals surface area contributed by atoms with Gasteiger partial charge in [0.15, 0.2) is 5.82 Å². The monoisotopic (exact) mass is 265 g/mol. The van der Waals surface area contributed by atoms with Gasteiger partial charge in [0, 0.05) is 23.9 Å². The lowest BCUT2D eigenvalue weighted by Gasteiger charge is -1.99. The van der Waals surface area contributed by atoms with E-state index in [1.165, 1.54) is 4.68 Å². The average Bonchev–Trinajstić information content (AvgIpc) is 2.77. The van der Waals surface area contributed by atoms with Gasteiger partial charge >= 0.3 is 0 Å². The van der Waals surface area contributed by atoms with Gasteiger partial charge in [-0.15, -0.1) is 0 Å². The third-order valence-corrected chi connectivity index (χ3v) is 3.30. The number of aromatic nitrogens is 3. The summed E-state index contributed by atoms with van der Waals surface area (Å²) >= 11 is 0. The minimum Gasteiger partial charge on any atom is -0.294 e. The van der Waals surface area contributed by atoms with E-state index in [2.05, 4.69) is 10.1 Å². The number of aryl methyl sites for hydroxylation is 1. The van der Waals surface area contributed by atoms with Gasteiger partial charge in [-0.05, 0) is 24.6 Å². The van der Waals surface area contributed by atoms with Crippen LogP contribution < -0.4 is 5.56 Å². The maximum Gasteiger partial charge on any atom is 0.276 e. The lowest BCUT2D eigenvalue weighted by Crippen LogP contribution is -2.18. The molecule has 0 saturated carbocycles. The Morgan fingerprint density at radius 2 is 1.85 bits per heavy atom. The second-order valence-corrected chi connectivity index (χ2v) is 4.71. The molecule has 0 atom stereocenters. The zero-order valence-electron chi connectivity index (χ0n) is 11.2. The van der Waals surface area contributed by atoms with Gasteiger partial charge in [0.1, 0.15) is 0 Å². The number of hydrogen-bond donors (Lipinski definition) is 1. The predicted molar refractivity (Wildman–Crippen MR) is 78.2 cm³/mol. The van der Waals surface area contributed by atoms with Gasteiger partial charge in [0.05, 0.1) is 0 Å². The first-order valence-corrected chi connectivity index (χ1v) is 6.51. The van der Waals surface area contributed by atoms with Crippen molar-refractivity contribution in [2.24, 2.45) is 0 Å². The molecule has 20 heavy (non-hydrogen) atoms. The van der Waals surface area contributed by atoms with Crippen molar-refractivity contribution in [1.29, 1.82) is 0 Å². The molecule has 0 aliphatic rings. The molecule has 0 aliphatic carbocycles. The van der Waals surface area contributed by atoms with Gasteiger partial charge in [-0.2, -0.15) is 0 Å². The molecule has 0 amide bonds. The standard InChI is InChI=1S/C16H15N3O/c1-12-14(11-13-7-3-2-4-8-13)16(20)19(18-12)15-9-5-6-10-17-15/h2-10,18H,11H2,1H3. The molecule has 0 saturated heterocycles. The molecular formula is C16H15N3O. The van der Waals surface area contributed by atoms with Crippen molar-refractivity contribution in [3.05, 3.63) is 81.9 Å². The van der Waals surface area contributed by atoms with Gasteiger partial charge in [-0.25, -0.2) is 9.67 Å². The molecule has 0 unspecified atom stereocenters. The maximum atomic E-state index is 12.5. The van der Waals surface area contributed by atoms with Crippen molar-refractivity contribution in [3.8, 4) is 5.82 Å². The molecule has 0 spiro atoms. The van der Waals surface area contributed by atoms with Gasteiger partial charge < -0.3 is 0 Å². The Morgan fingerprint density at radius 1 is 1.10 bits per heavy atom. The Balaban J connectivity index is 2.02. The van der Waals surface area contributed by atoms with Gasteiger partial charge in [0.2, 0.25) is 0 Å². The molecule has 0 radical (unpaired) electrons. The molecule has 3 aromatic rings. The van der Waals surface area contributed by atoms with Crippen LogP contribution in [-0.2, 0) is 6.42 Å². The molecular weight excluding hydrogens is 250 g/mol. The summed E-state index contributed by atoms with van der Waals surface area (Å²) in [6, 6.07) is 15.5. The minimum absolute atomic E-state index is 0.0370. The van der Waals surface area contributed by atoms with Crippen LogP contribution >= 0.6 is 0 Å². The van der Waals surface area contributed by atoms with E-state index in [9.17, 15) is 4.79 Å². The molecule has 2 heterocycles. The molecule has 4 heteroatoms. The Labute approximate surface area is 116 Å². The van der Waals surface area contributed by atoms with Crippen LogP contribution in [-0.4, -0.2) is 14.8 Å². The Morgan fingerprint density at radius 3 is 2.55 bits per heavy atom. The second kappa shape index (κ2) is 5.17. The zero-order chi connectivity index (χ0) is 13.9. The average molecular weight is 265 g/mol. The highest BCUT2D eigenvalue weighted by Gasteiger charge is 2.13.